The van der Waals surface area contributed by atoms with E-state index in [1.165, 1.54) is 24.3 Å². The van der Waals surface area contributed by atoms with Crippen LogP contribution in [-0.2, 0) is 11.3 Å². The summed E-state index contributed by atoms with van der Waals surface area (Å²) < 4.78 is 11.9. The van der Waals surface area contributed by atoms with Gasteiger partial charge in [-0.15, -0.1) is 0 Å². The molecule has 0 fully saturated rings. The highest BCUT2D eigenvalue weighted by molar-refractivity contribution is 9.10. The molecule has 7 heteroatoms. The first-order valence-corrected chi connectivity index (χ1v) is 9.16. The quantitative estimate of drug-likeness (QED) is 0.273. The fourth-order valence-corrected chi connectivity index (χ4v) is 2.80. The van der Waals surface area contributed by atoms with Crippen molar-refractivity contribution in [3.05, 3.63) is 98.0 Å². The second-order valence-electron chi connectivity index (χ2n) is 6.04. The van der Waals surface area contributed by atoms with E-state index in [-0.39, 0.29) is 12.3 Å². The molecule has 0 aliphatic heterocycles. The highest BCUT2D eigenvalue weighted by Gasteiger charge is 2.10. The fourth-order valence-electron chi connectivity index (χ4n) is 2.42. The van der Waals surface area contributed by atoms with Crippen LogP contribution in [0.4, 0.5) is 5.69 Å². The minimum Gasteiger partial charge on any atom is -0.457 e. The first-order chi connectivity index (χ1) is 13.4. The smallest absolute Gasteiger partial charge is 0.338 e. The number of carbonyl (C=O) groups excluding carboxylic acids is 1. The molecule has 3 aromatic rings. The van der Waals surface area contributed by atoms with Gasteiger partial charge in [0.05, 0.1) is 10.5 Å². The average molecular weight is 442 g/mol. The Bertz CT molecular complexity index is 1020. The Kier molecular flexibility index (Phi) is 6.06. The molecule has 0 atom stereocenters. The van der Waals surface area contributed by atoms with E-state index in [2.05, 4.69) is 15.9 Å². The lowest BCUT2D eigenvalue weighted by Gasteiger charge is -2.09. The molecule has 0 saturated carbocycles. The van der Waals surface area contributed by atoms with Crippen LogP contribution in [0.1, 0.15) is 21.5 Å². The predicted octanol–water partition coefficient (Wildman–Crippen LogP) is 5.82. The molecule has 0 amide bonds. The normalized spacial score (nSPS) is 10.4. The van der Waals surface area contributed by atoms with E-state index in [4.69, 9.17) is 9.47 Å². The Hall–Kier alpha value is -3.19. The molecule has 0 unspecified atom stereocenters. The van der Waals surface area contributed by atoms with E-state index < -0.39 is 10.9 Å². The van der Waals surface area contributed by atoms with Gasteiger partial charge in [-0.05, 0) is 54.4 Å². The van der Waals surface area contributed by atoms with Crippen molar-refractivity contribution in [1.29, 1.82) is 0 Å². The number of hydrogen-bond acceptors (Lipinski definition) is 5. The molecule has 0 heterocycles. The summed E-state index contributed by atoms with van der Waals surface area (Å²) in [6.45, 7) is 2.04. The number of hydrogen-bond donors (Lipinski definition) is 0. The lowest BCUT2D eigenvalue weighted by molar-refractivity contribution is -0.384. The van der Waals surface area contributed by atoms with Crippen molar-refractivity contribution in [3.8, 4) is 11.5 Å². The highest BCUT2D eigenvalue weighted by Crippen LogP contribution is 2.25. The molecule has 0 aliphatic rings. The number of esters is 1. The van der Waals surface area contributed by atoms with Crippen LogP contribution in [0.25, 0.3) is 0 Å². The molecular formula is C21H16BrNO5. The lowest BCUT2D eigenvalue weighted by Crippen LogP contribution is -2.05. The zero-order valence-electron chi connectivity index (χ0n) is 14.9. The molecule has 0 aromatic heterocycles. The first kappa shape index (κ1) is 19.6. The third-order valence-electron chi connectivity index (χ3n) is 3.96. The lowest BCUT2D eigenvalue weighted by atomic mass is 10.1. The van der Waals surface area contributed by atoms with E-state index in [1.54, 1.807) is 30.3 Å². The molecule has 6 nitrogen and oxygen atoms in total. The van der Waals surface area contributed by atoms with Crippen LogP contribution in [0, 0.1) is 17.0 Å². The number of benzene rings is 3. The zero-order valence-corrected chi connectivity index (χ0v) is 16.5. The highest BCUT2D eigenvalue weighted by atomic mass is 79.9. The van der Waals surface area contributed by atoms with Gasteiger partial charge < -0.3 is 9.47 Å². The maximum Gasteiger partial charge on any atom is 0.338 e. The summed E-state index contributed by atoms with van der Waals surface area (Å²) in [4.78, 5) is 22.4. The molecule has 0 saturated heterocycles. The molecule has 0 aliphatic carbocycles. The monoisotopic (exact) mass is 441 g/mol. The number of nitro benzene ring substituents is 1. The van der Waals surface area contributed by atoms with E-state index in [1.807, 2.05) is 19.1 Å². The Morgan fingerprint density at radius 1 is 1.04 bits per heavy atom. The first-order valence-electron chi connectivity index (χ1n) is 8.37. The molecule has 28 heavy (non-hydrogen) atoms. The Morgan fingerprint density at radius 3 is 2.46 bits per heavy atom. The predicted molar refractivity (Wildman–Crippen MR) is 108 cm³/mol. The van der Waals surface area contributed by atoms with Gasteiger partial charge in [0.2, 0.25) is 0 Å². The Morgan fingerprint density at radius 2 is 1.79 bits per heavy atom. The van der Waals surface area contributed by atoms with Crippen LogP contribution in [0.15, 0.2) is 71.2 Å². The maximum atomic E-state index is 12.2. The SMILES string of the molecule is Cc1ccc(C(=O)OCc2cccc(Oc3ccc([N+](=O)[O-])cc3)c2)cc1Br. The summed E-state index contributed by atoms with van der Waals surface area (Å²) in [5.41, 5.74) is 2.26. The number of nitrogens with zero attached hydrogens (tertiary/aromatic N) is 1. The van der Waals surface area contributed by atoms with Gasteiger partial charge in [-0.25, -0.2) is 4.79 Å². The minimum absolute atomic E-state index is 0.00393. The molecule has 0 radical (unpaired) electrons. The Balaban J connectivity index is 1.63. The number of halogens is 1. The third kappa shape index (κ3) is 4.95. The number of non-ortho nitro benzene ring substituents is 1. The fraction of sp³-hybridized carbons (Fsp3) is 0.0952. The summed E-state index contributed by atoms with van der Waals surface area (Å²) in [5, 5.41) is 10.7. The van der Waals surface area contributed by atoms with Crippen molar-refractivity contribution in [2.45, 2.75) is 13.5 Å². The number of aryl methyl sites for hydroxylation is 1. The molecule has 142 valence electrons. The van der Waals surface area contributed by atoms with Crippen molar-refractivity contribution in [1.82, 2.24) is 0 Å². The largest absolute Gasteiger partial charge is 0.457 e. The Labute approximate surface area is 170 Å². The van der Waals surface area contributed by atoms with Gasteiger partial charge in [0.15, 0.2) is 0 Å². The molecular weight excluding hydrogens is 426 g/mol. The molecule has 0 spiro atoms. The van der Waals surface area contributed by atoms with Crippen LogP contribution in [0.2, 0.25) is 0 Å². The van der Waals surface area contributed by atoms with Crippen molar-refractivity contribution in [2.75, 3.05) is 0 Å². The van der Waals surface area contributed by atoms with Gasteiger partial charge in [0.1, 0.15) is 18.1 Å². The van der Waals surface area contributed by atoms with Crippen LogP contribution >= 0.6 is 15.9 Å². The summed E-state index contributed by atoms with van der Waals surface area (Å²) in [7, 11) is 0. The van der Waals surface area contributed by atoms with Crippen LogP contribution < -0.4 is 4.74 Å². The van der Waals surface area contributed by atoms with Crippen LogP contribution in [0.3, 0.4) is 0 Å². The molecule has 3 aromatic carbocycles. The van der Waals surface area contributed by atoms with Gasteiger partial charge in [-0.2, -0.15) is 0 Å². The van der Waals surface area contributed by atoms with Crippen LogP contribution in [-0.4, -0.2) is 10.9 Å². The van der Waals surface area contributed by atoms with Crippen molar-refractivity contribution in [2.24, 2.45) is 0 Å². The third-order valence-corrected chi connectivity index (χ3v) is 4.81. The minimum atomic E-state index is -0.467. The van der Waals surface area contributed by atoms with E-state index in [9.17, 15) is 14.9 Å². The average Bonchev–Trinajstić information content (AvgIpc) is 2.69. The number of rotatable bonds is 6. The standard InChI is InChI=1S/C21H16BrNO5/c1-14-5-6-16(12-20(14)22)21(24)27-13-15-3-2-4-19(11-15)28-18-9-7-17(8-10-18)23(25)26/h2-12H,13H2,1H3. The van der Waals surface area contributed by atoms with Gasteiger partial charge >= 0.3 is 5.97 Å². The molecule has 0 bridgehead atoms. The molecule has 3 rings (SSSR count). The molecule has 0 N–H and O–H groups in total. The van der Waals surface area contributed by atoms with Gasteiger partial charge in [0, 0.05) is 16.6 Å². The van der Waals surface area contributed by atoms with Gasteiger partial charge in [-0.3, -0.25) is 10.1 Å². The second-order valence-corrected chi connectivity index (χ2v) is 6.89. The summed E-state index contributed by atoms with van der Waals surface area (Å²) >= 11 is 3.40. The maximum absolute atomic E-state index is 12.2. The van der Waals surface area contributed by atoms with Gasteiger partial charge in [0.25, 0.3) is 5.69 Å². The van der Waals surface area contributed by atoms with Gasteiger partial charge in [-0.1, -0.05) is 34.1 Å². The van der Waals surface area contributed by atoms with Crippen LogP contribution in [0.5, 0.6) is 11.5 Å². The van der Waals surface area contributed by atoms with E-state index in [0.29, 0.717) is 17.1 Å². The number of nitro groups is 1. The summed E-state index contributed by atoms with van der Waals surface area (Å²) in [5.74, 6) is 0.604. The van der Waals surface area contributed by atoms with E-state index in [0.717, 1.165) is 15.6 Å². The van der Waals surface area contributed by atoms with Crippen molar-refractivity contribution >= 4 is 27.6 Å². The topological polar surface area (TPSA) is 78.7 Å². The summed E-state index contributed by atoms with van der Waals surface area (Å²) in [6, 6.07) is 18.2. The second kappa shape index (κ2) is 8.67. The van der Waals surface area contributed by atoms with E-state index >= 15 is 0 Å². The summed E-state index contributed by atoms with van der Waals surface area (Å²) in [6.07, 6.45) is 0. The number of carbonyl (C=O) groups is 1. The van der Waals surface area contributed by atoms with Crippen molar-refractivity contribution in [3.63, 3.8) is 0 Å². The number of ether oxygens (including phenoxy) is 2. The zero-order chi connectivity index (χ0) is 20.1. The van der Waals surface area contributed by atoms with Crippen molar-refractivity contribution < 1.29 is 19.2 Å².